The van der Waals surface area contributed by atoms with Crippen LogP contribution in [0.4, 0.5) is 4.79 Å². The van der Waals surface area contributed by atoms with Crippen molar-refractivity contribution >= 4 is 6.09 Å². The lowest BCUT2D eigenvalue weighted by Crippen LogP contribution is -2.43. The number of carbonyl (C=O) groups is 1. The smallest absolute Gasteiger partial charge is 0.410 e. The fraction of sp³-hybridized carbons (Fsp3) is 0.938. The van der Waals surface area contributed by atoms with E-state index in [0.717, 1.165) is 52.0 Å². The number of hydrogen-bond acceptors (Lipinski definition) is 4. The predicted octanol–water partition coefficient (Wildman–Crippen LogP) is 2.40. The number of piperidine rings is 1. The minimum Gasteiger partial charge on any atom is -0.444 e. The second kappa shape index (κ2) is 7.45. The molecule has 21 heavy (non-hydrogen) atoms. The van der Waals surface area contributed by atoms with E-state index in [0.29, 0.717) is 12.0 Å². The van der Waals surface area contributed by atoms with Crippen molar-refractivity contribution < 1.29 is 14.3 Å². The molecule has 2 fully saturated rings. The summed E-state index contributed by atoms with van der Waals surface area (Å²) in [4.78, 5) is 14.0. The van der Waals surface area contributed by atoms with E-state index in [1.54, 1.807) is 0 Å². The van der Waals surface area contributed by atoms with E-state index in [2.05, 4.69) is 5.32 Å². The van der Waals surface area contributed by atoms with Gasteiger partial charge in [0.15, 0.2) is 0 Å². The maximum atomic E-state index is 12.1. The second-order valence-corrected chi connectivity index (χ2v) is 7.21. The largest absolute Gasteiger partial charge is 0.444 e. The number of carbonyl (C=O) groups excluding carboxylic acids is 1. The van der Waals surface area contributed by atoms with Crippen LogP contribution in [0.25, 0.3) is 0 Å². The standard InChI is InChI=1S/C16H30N2O3/c1-16(2,3)21-15(19)18-9-4-5-13(12-18)7-10-20-14-6-8-17-11-14/h13-14,17H,4-12H2,1-3H3. The number of nitrogens with zero attached hydrogens (tertiary/aromatic N) is 1. The summed E-state index contributed by atoms with van der Waals surface area (Å²) in [6.07, 6.45) is 4.62. The van der Waals surface area contributed by atoms with Gasteiger partial charge in [0.1, 0.15) is 5.60 Å². The van der Waals surface area contributed by atoms with Crippen molar-refractivity contribution in [2.45, 2.75) is 58.2 Å². The van der Waals surface area contributed by atoms with Gasteiger partial charge in [-0.2, -0.15) is 0 Å². The topological polar surface area (TPSA) is 50.8 Å². The molecule has 0 radical (unpaired) electrons. The van der Waals surface area contributed by atoms with E-state index in [9.17, 15) is 4.79 Å². The van der Waals surface area contributed by atoms with E-state index in [-0.39, 0.29) is 6.09 Å². The van der Waals surface area contributed by atoms with Gasteiger partial charge in [0, 0.05) is 26.2 Å². The van der Waals surface area contributed by atoms with Gasteiger partial charge in [-0.15, -0.1) is 0 Å². The molecule has 1 N–H and O–H groups in total. The van der Waals surface area contributed by atoms with Gasteiger partial charge in [-0.25, -0.2) is 4.79 Å². The maximum Gasteiger partial charge on any atom is 0.410 e. The van der Waals surface area contributed by atoms with Crippen LogP contribution < -0.4 is 5.32 Å². The van der Waals surface area contributed by atoms with Gasteiger partial charge in [-0.1, -0.05) is 0 Å². The number of rotatable bonds is 4. The molecule has 0 aliphatic carbocycles. The molecule has 0 saturated carbocycles. The number of ether oxygens (including phenoxy) is 2. The van der Waals surface area contributed by atoms with Crippen molar-refractivity contribution in [2.24, 2.45) is 5.92 Å². The molecule has 0 spiro atoms. The monoisotopic (exact) mass is 298 g/mol. The van der Waals surface area contributed by atoms with Gasteiger partial charge >= 0.3 is 6.09 Å². The van der Waals surface area contributed by atoms with Gasteiger partial charge in [0.05, 0.1) is 6.10 Å². The summed E-state index contributed by atoms with van der Waals surface area (Å²) < 4.78 is 11.3. The van der Waals surface area contributed by atoms with Gasteiger partial charge in [0.2, 0.25) is 0 Å². The van der Waals surface area contributed by atoms with E-state index >= 15 is 0 Å². The van der Waals surface area contributed by atoms with Gasteiger partial charge in [-0.3, -0.25) is 0 Å². The normalized spacial score (nSPS) is 26.9. The Morgan fingerprint density at radius 2 is 2.14 bits per heavy atom. The van der Waals surface area contributed by atoms with Crippen LogP contribution >= 0.6 is 0 Å². The molecule has 2 heterocycles. The third-order valence-electron chi connectivity index (χ3n) is 4.07. The molecule has 2 unspecified atom stereocenters. The molecular weight excluding hydrogens is 268 g/mol. The zero-order valence-corrected chi connectivity index (χ0v) is 13.7. The molecule has 0 aromatic carbocycles. The molecule has 0 aromatic heterocycles. The summed E-state index contributed by atoms with van der Waals surface area (Å²) in [5, 5.41) is 3.31. The molecule has 5 heteroatoms. The molecule has 2 aliphatic heterocycles. The average molecular weight is 298 g/mol. The minimum atomic E-state index is -0.414. The summed E-state index contributed by atoms with van der Waals surface area (Å²) in [5.41, 5.74) is -0.414. The first kappa shape index (κ1) is 16.6. The van der Waals surface area contributed by atoms with Crippen molar-refractivity contribution in [2.75, 3.05) is 32.8 Å². The van der Waals surface area contributed by atoms with Crippen LogP contribution in [-0.2, 0) is 9.47 Å². The molecule has 2 saturated heterocycles. The predicted molar refractivity (Wildman–Crippen MR) is 82.4 cm³/mol. The van der Waals surface area contributed by atoms with Gasteiger partial charge in [-0.05, 0) is 58.9 Å². The van der Waals surface area contributed by atoms with Crippen molar-refractivity contribution in [1.82, 2.24) is 10.2 Å². The second-order valence-electron chi connectivity index (χ2n) is 7.21. The highest BCUT2D eigenvalue weighted by Crippen LogP contribution is 2.22. The molecular formula is C16H30N2O3. The lowest BCUT2D eigenvalue weighted by atomic mass is 9.95. The number of nitrogens with one attached hydrogen (secondary N) is 1. The first-order valence-corrected chi connectivity index (χ1v) is 8.24. The molecule has 5 nitrogen and oxygen atoms in total. The molecule has 2 atom stereocenters. The van der Waals surface area contributed by atoms with E-state index in [1.807, 2.05) is 25.7 Å². The first-order valence-electron chi connectivity index (χ1n) is 8.24. The average Bonchev–Trinajstić information content (AvgIpc) is 2.90. The highest BCUT2D eigenvalue weighted by atomic mass is 16.6. The molecule has 0 aromatic rings. The van der Waals surface area contributed by atoms with E-state index in [4.69, 9.17) is 9.47 Å². The minimum absolute atomic E-state index is 0.173. The first-order chi connectivity index (χ1) is 9.94. The lowest BCUT2D eigenvalue weighted by Gasteiger charge is -2.34. The summed E-state index contributed by atoms with van der Waals surface area (Å²) >= 11 is 0. The number of amides is 1. The van der Waals surface area contributed by atoms with Crippen molar-refractivity contribution in [3.63, 3.8) is 0 Å². The van der Waals surface area contributed by atoms with Crippen molar-refractivity contribution in [3.8, 4) is 0 Å². The van der Waals surface area contributed by atoms with Crippen LogP contribution in [0, 0.1) is 5.92 Å². The number of hydrogen-bond donors (Lipinski definition) is 1. The van der Waals surface area contributed by atoms with Crippen LogP contribution in [0.3, 0.4) is 0 Å². The third kappa shape index (κ3) is 5.83. The van der Waals surface area contributed by atoms with Crippen molar-refractivity contribution in [1.29, 1.82) is 0 Å². The van der Waals surface area contributed by atoms with Crippen LogP contribution in [0.5, 0.6) is 0 Å². The molecule has 0 bridgehead atoms. The fourth-order valence-electron chi connectivity index (χ4n) is 2.96. The zero-order chi connectivity index (χ0) is 15.3. The molecule has 2 aliphatic rings. The zero-order valence-electron chi connectivity index (χ0n) is 13.7. The molecule has 2 rings (SSSR count). The Morgan fingerprint density at radius 3 is 2.81 bits per heavy atom. The Balaban J connectivity index is 1.68. The Kier molecular flexibility index (Phi) is 5.88. The fourth-order valence-corrected chi connectivity index (χ4v) is 2.96. The quantitative estimate of drug-likeness (QED) is 0.866. The highest BCUT2D eigenvalue weighted by molar-refractivity contribution is 5.68. The summed E-state index contributed by atoms with van der Waals surface area (Å²) in [5.74, 6) is 0.542. The van der Waals surface area contributed by atoms with Crippen LogP contribution in [-0.4, -0.2) is 55.5 Å². The van der Waals surface area contributed by atoms with Crippen LogP contribution in [0.15, 0.2) is 0 Å². The van der Waals surface area contributed by atoms with Crippen LogP contribution in [0.1, 0.15) is 46.5 Å². The highest BCUT2D eigenvalue weighted by Gasteiger charge is 2.27. The lowest BCUT2D eigenvalue weighted by molar-refractivity contribution is 0.0109. The van der Waals surface area contributed by atoms with Crippen molar-refractivity contribution in [3.05, 3.63) is 0 Å². The Morgan fingerprint density at radius 1 is 1.33 bits per heavy atom. The van der Waals surface area contributed by atoms with Gasteiger partial charge < -0.3 is 19.7 Å². The molecule has 1 amide bonds. The third-order valence-corrected chi connectivity index (χ3v) is 4.07. The molecule has 122 valence electrons. The van der Waals surface area contributed by atoms with E-state index in [1.165, 1.54) is 6.42 Å². The Bertz CT molecular complexity index is 335. The number of likely N-dealkylation sites (tertiary alicyclic amines) is 1. The van der Waals surface area contributed by atoms with Crippen LogP contribution in [0.2, 0.25) is 0 Å². The Labute approximate surface area is 128 Å². The summed E-state index contributed by atoms with van der Waals surface area (Å²) in [6, 6.07) is 0. The van der Waals surface area contributed by atoms with E-state index < -0.39 is 5.60 Å². The summed E-state index contributed by atoms with van der Waals surface area (Å²) in [6.45, 7) is 10.2. The SMILES string of the molecule is CC(C)(C)OC(=O)N1CCCC(CCOC2CCNC2)C1. The van der Waals surface area contributed by atoms with Gasteiger partial charge in [0.25, 0.3) is 0 Å². The maximum absolute atomic E-state index is 12.1. The summed E-state index contributed by atoms with van der Waals surface area (Å²) in [7, 11) is 0. The Hall–Kier alpha value is -0.810.